The molecule has 100 valence electrons. The molecule has 1 aromatic carbocycles. The summed E-state index contributed by atoms with van der Waals surface area (Å²) in [6.07, 6.45) is 0. The number of hydrogen-bond donors (Lipinski definition) is 1. The average molecular weight is 316 g/mol. The Morgan fingerprint density at radius 3 is 2.17 bits per heavy atom. The fourth-order valence-electron chi connectivity index (χ4n) is 1.62. The molecule has 4 heteroatoms. The molecule has 0 fully saturated rings. The van der Waals surface area contributed by atoms with E-state index in [0.29, 0.717) is 0 Å². The van der Waals surface area contributed by atoms with Crippen molar-refractivity contribution < 1.29 is 9.18 Å². The van der Waals surface area contributed by atoms with Crippen LogP contribution in [0.15, 0.2) is 24.3 Å². The molecule has 0 spiro atoms. The van der Waals surface area contributed by atoms with Crippen molar-refractivity contribution in [3.8, 4) is 0 Å². The van der Waals surface area contributed by atoms with Crippen LogP contribution in [0, 0.1) is 11.7 Å². The van der Waals surface area contributed by atoms with Gasteiger partial charge in [-0.05, 0) is 37.5 Å². The Morgan fingerprint density at radius 2 is 1.78 bits per heavy atom. The molecule has 0 bridgehead atoms. The molecule has 0 aliphatic carbocycles. The second kappa shape index (κ2) is 5.83. The van der Waals surface area contributed by atoms with Crippen LogP contribution in [-0.4, -0.2) is 10.2 Å². The van der Waals surface area contributed by atoms with Gasteiger partial charge in [0.1, 0.15) is 5.82 Å². The minimum atomic E-state index is -0.611. The summed E-state index contributed by atoms with van der Waals surface area (Å²) >= 11 is 3.33. The third-order valence-corrected chi connectivity index (χ3v) is 3.08. The molecule has 0 aromatic heterocycles. The number of rotatable bonds is 4. The molecule has 0 saturated carbocycles. The molecule has 18 heavy (non-hydrogen) atoms. The van der Waals surface area contributed by atoms with Crippen LogP contribution in [0.5, 0.6) is 0 Å². The van der Waals surface area contributed by atoms with E-state index in [1.54, 1.807) is 26.0 Å². The predicted octanol–water partition coefficient (Wildman–Crippen LogP) is 3.81. The van der Waals surface area contributed by atoms with Crippen LogP contribution in [0.1, 0.15) is 39.3 Å². The molecule has 2 nitrogen and oxygen atoms in total. The SMILES string of the molecule is CC(C)C(NC(=O)C(C)(C)Br)c1ccc(F)cc1. The van der Waals surface area contributed by atoms with Crippen molar-refractivity contribution in [1.82, 2.24) is 5.32 Å². The van der Waals surface area contributed by atoms with Gasteiger partial charge in [0.25, 0.3) is 0 Å². The van der Waals surface area contributed by atoms with E-state index >= 15 is 0 Å². The maximum Gasteiger partial charge on any atom is 0.236 e. The van der Waals surface area contributed by atoms with E-state index in [1.807, 2.05) is 13.8 Å². The zero-order chi connectivity index (χ0) is 13.9. The molecule has 0 aliphatic rings. The molecule has 0 heterocycles. The molecule has 1 N–H and O–H groups in total. The van der Waals surface area contributed by atoms with Crippen molar-refractivity contribution in [3.63, 3.8) is 0 Å². The van der Waals surface area contributed by atoms with E-state index in [9.17, 15) is 9.18 Å². The number of nitrogens with one attached hydrogen (secondary N) is 1. The van der Waals surface area contributed by atoms with Gasteiger partial charge in [0.15, 0.2) is 0 Å². The molecule has 1 aromatic rings. The van der Waals surface area contributed by atoms with Crippen molar-refractivity contribution >= 4 is 21.8 Å². The standard InChI is InChI=1S/C14H19BrFNO/c1-9(2)12(17-13(18)14(3,4)15)10-5-7-11(16)8-6-10/h5-9,12H,1-4H3,(H,17,18). The van der Waals surface area contributed by atoms with Crippen LogP contribution in [0.25, 0.3) is 0 Å². The van der Waals surface area contributed by atoms with Gasteiger partial charge in [0, 0.05) is 0 Å². The number of hydrogen-bond acceptors (Lipinski definition) is 1. The maximum atomic E-state index is 12.9. The Morgan fingerprint density at radius 1 is 1.28 bits per heavy atom. The lowest BCUT2D eigenvalue weighted by Crippen LogP contribution is -2.41. The Kier molecular flexibility index (Phi) is 4.91. The highest BCUT2D eigenvalue weighted by Crippen LogP contribution is 2.24. The molecule has 0 aliphatic heterocycles. The second-order valence-electron chi connectivity index (χ2n) is 5.22. The van der Waals surface area contributed by atoms with Crippen molar-refractivity contribution in [2.45, 2.75) is 38.1 Å². The summed E-state index contributed by atoms with van der Waals surface area (Å²) in [4.78, 5) is 12.0. The van der Waals surface area contributed by atoms with Gasteiger partial charge in [-0.15, -0.1) is 0 Å². The molecule has 1 rings (SSSR count). The van der Waals surface area contributed by atoms with Crippen LogP contribution in [0.3, 0.4) is 0 Å². The normalized spacial score (nSPS) is 13.5. The lowest BCUT2D eigenvalue weighted by molar-refractivity contribution is -0.123. The van der Waals surface area contributed by atoms with Gasteiger partial charge >= 0.3 is 0 Å². The highest BCUT2D eigenvalue weighted by molar-refractivity contribution is 9.10. The van der Waals surface area contributed by atoms with Crippen molar-refractivity contribution in [3.05, 3.63) is 35.6 Å². The smallest absolute Gasteiger partial charge is 0.236 e. The molecular weight excluding hydrogens is 297 g/mol. The fraction of sp³-hybridized carbons (Fsp3) is 0.500. The van der Waals surface area contributed by atoms with E-state index in [1.165, 1.54) is 12.1 Å². The summed E-state index contributed by atoms with van der Waals surface area (Å²) in [5.74, 6) is -0.117. The van der Waals surface area contributed by atoms with Crippen LogP contribution in [-0.2, 0) is 4.79 Å². The van der Waals surface area contributed by atoms with E-state index in [4.69, 9.17) is 0 Å². The Bertz CT molecular complexity index is 409. The lowest BCUT2D eigenvalue weighted by atomic mass is 9.95. The number of carbonyl (C=O) groups is 1. The van der Waals surface area contributed by atoms with Crippen molar-refractivity contribution in [1.29, 1.82) is 0 Å². The molecule has 0 saturated heterocycles. The zero-order valence-corrected chi connectivity index (χ0v) is 12.7. The van der Waals surface area contributed by atoms with Crippen LogP contribution < -0.4 is 5.32 Å². The summed E-state index contributed by atoms with van der Waals surface area (Å²) in [7, 11) is 0. The van der Waals surface area contributed by atoms with Gasteiger partial charge in [-0.25, -0.2) is 4.39 Å². The van der Waals surface area contributed by atoms with Crippen LogP contribution in [0.2, 0.25) is 0 Å². The fourth-order valence-corrected chi connectivity index (χ4v) is 1.73. The molecule has 1 amide bonds. The predicted molar refractivity (Wildman–Crippen MR) is 75.1 cm³/mol. The van der Waals surface area contributed by atoms with E-state index in [0.717, 1.165) is 5.56 Å². The number of halogens is 2. The van der Waals surface area contributed by atoms with E-state index in [-0.39, 0.29) is 23.7 Å². The van der Waals surface area contributed by atoms with Gasteiger partial charge in [0.05, 0.1) is 10.4 Å². The first-order chi connectivity index (χ1) is 8.21. The van der Waals surface area contributed by atoms with Crippen molar-refractivity contribution in [2.75, 3.05) is 0 Å². The largest absolute Gasteiger partial charge is 0.348 e. The molecular formula is C14H19BrFNO. The van der Waals surface area contributed by atoms with Gasteiger partial charge in [0.2, 0.25) is 5.91 Å². The first-order valence-corrected chi connectivity index (χ1v) is 6.76. The number of benzene rings is 1. The molecule has 1 unspecified atom stereocenters. The first-order valence-electron chi connectivity index (χ1n) is 5.97. The highest BCUT2D eigenvalue weighted by Gasteiger charge is 2.27. The van der Waals surface area contributed by atoms with Gasteiger partial charge in [-0.2, -0.15) is 0 Å². The topological polar surface area (TPSA) is 29.1 Å². The minimum absolute atomic E-state index is 0.0782. The van der Waals surface area contributed by atoms with Crippen molar-refractivity contribution in [2.24, 2.45) is 5.92 Å². The quantitative estimate of drug-likeness (QED) is 0.841. The average Bonchev–Trinajstić information content (AvgIpc) is 2.25. The van der Waals surface area contributed by atoms with E-state index in [2.05, 4.69) is 21.2 Å². The zero-order valence-electron chi connectivity index (χ0n) is 11.1. The van der Waals surface area contributed by atoms with Gasteiger partial charge < -0.3 is 5.32 Å². The van der Waals surface area contributed by atoms with Gasteiger partial charge in [-0.3, -0.25) is 4.79 Å². The summed E-state index contributed by atoms with van der Waals surface area (Å²) < 4.78 is 12.3. The summed E-state index contributed by atoms with van der Waals surface area (Å²) in [6.45, 7) is 7.64. The monoisotopic (exact) mass is 315 g/mol. The summed E-state index contributed by atoms with van der Waals surface area (Å²) in [5.41, 5.74) is 0.913. The number of alkyl halides is 1. The Balaban J connectivity index is 2.91. The molecule has 1 atom stereocenters. The highest BCUT2D eigenvalue weighted by atomic mass is 79.9. The maximum absolute atomic E-state index is 12.9. The summed E-state index contributed by atoms with van der Waals surface area (Å²) in [5, 5.41) is 2.98. The number of amides is 1. The lowest BCUT2D eigenvalue weighted by Gasteiger charge is -2.26. The molecule has 0 radical (unpaired) electrons. The van der Waals surface area contributed by atoms with Gasteiger partial charge in [-0.1, -0.05) is 41.9 Å². The Hall–Kier alpha value is -0.900. The minimum Gasteiger partial charge on any atom is -0.348 e. The first kappa shape index (κ1) is 15.2. The Labute approximate surface area is 116 Å². The number of carbonyl (C=O) groups excluding carboxylic acids is 1. The third-order valence-electron chi connectivity index (χ3n) is 2.72. The van der Waals surface area contributed by atoms with Crippen LogP contribution in [0.4, 0.5) is 4.39 Å². The van der Waals surface area contributed by atoms with Crippen LogP contribution >= 0.6 is 15.9 Å². The third kappa shape index (κ3) is 4.09. The second-order valence-corrected chi connectivity index (χ2v) is 7.20. The summed E-state index contributed by atoms with van der Waals surface area (Å²) in [6, 6.07) is 6.13. The van der Waals surface area contributed by atoms with E-state index < -0.39 is 4.32 Å².